The van der Waals surface area contributed by atoms with Gasteiger partial charge in [-0.2, -0.15) is 0 Å². The second-order valence-electron chi connectivity index (χ2n) is 5.14. The average molecular weight is 273 g/mol. The third-order valence-corrected chi connectivity index (χ3v) is 3.92. The normalized spacial score (nSPS) is 17.8. The fraction of sp³-hybridized carbons (Fsp3) is 0.467. The molecule has 20 heavy (non-hydrogen) atoms. The predicted octanol–water partition coefficient (Wildman–Crippen LogP) is 1.75. The van der Waals surface area contributed by atoms with Crippen molar-refractivity contribution in [1.82, 2.24) is 14.8 Å². The highest BCUT2D eigenvalue weighted by molar-refractivity contribution is 5.35. The van der Waals surface area contributed by atoms with Gasteiger partial charge in [-0.3, -0.25) is 0 Å². The van der Waals surface area contributed by atoms with Crippen LogP contribution in [-0.2, 0) is 13.0 Å². The Balaban J connectivity index is 1.90. The lowest BCUT2D eigenvalue weighted by Crippen LogP contribution is -2.20. The summed E-state index contributed by atoms with van der Waals surface area (Å²) in [6, 6.07) is 7.97. The molecule has 2 heterocycles. The van der Waals surface area contributed by atoms with E-state index in [1.54, 1.807) is 7.11 Å². The highest BCUT2D eigenvalue weighted by Crippen LogP contribution is 2.28. The molecule has 106 valence electrons. The SMILES string of the molecule is COc1ccccc1Cc1nnc2n1CCCC2CO. The van der Waals surface area contributed by atoms with Gasteiger partial charge in [-0.25, -0.2) is 0 Å². The second kappa shape index (κ2) is 5.63. The molecule has 1 aromatic heterocycles. The zero-order valence-corrected chi connectivity index (χ0v) is 11.6. The van der Waals surface area contributed by atoms with Gasteiger partial charge in [0.25, 0.3) is 0 Å². The highest BCUT2D eigenvalue weighted by atomic mass is 16.5. The molecule has 0 aliphatic carbocycles. The van der Waals surface area contributed by atoms with Gasteiger partial charge in [0, 0.05) is 24.4 Å². The summed E-state index contributed by atoms with van der Waals surface area (Å²) >= 11 is 0. The van der Waals surface area contributed by atoms with Gasteiger partial charge < -0.3 is 14.4 Å². The van der Waals surface area contributed by atoms with Gasteiger partial charge in [-0.1, -0.05) is 18.2 Å². The number of rotatable bonds is 4. The maximum absolute atomic E-state index is 9.42. The van der Waals surface area contributed by atoms with Crippen molar-refractivity contribution in [2.75, 3.05) is 13.7 Å². The summed E-state index contributed by atoms with van der Waals surface area (Å²) < 4.78 is 7.53. The van der Waals surface area contributed by atoms with Crippen LogP contribution in [-0.4, -0.2) is 33.6 Å². The standard InChI is InChI=1S/C15H19N3O2/c1-20-13-7-3-2-5-11(13)9-14-16-17-15-12(10-19)6-4-8-18(14)15/h2-3,5,7,12,19H,4,6,8-10H2,1H3. The quantitative estimate of drug-likeness (QED) is 0.922. The Morgan fingerprint density at radius 1 is 1.35 bits per heavy atom. The summed E-state index contributed by atoms with van der Waals surface area (Å²) in [7, 11) is 1.68. The maximum atomic E-state index is 9.42. The van der Waals surface area contributed by atoms with Gasteiger partial charge in [-0.15, -0.1) is 10.2 Å². The Morgan fingerprint density at radius 2 is 2.20 bits per heavy atom. The number of aliphatic hydroxyl groups excluding tert-OH is 1. The largest absolute Gasteiger partial charge is 0.496 e. The van der Waals surface area contributed by atoms with Crippen molar-refractivity contribution in [3.8, 4) is 5.75 Å². The zero-order chi connectivity index (χ0) is 13.9. The van der Waals surface area contributed by atoms with Gasteiger partial charge in [0.1, 0.15) is 17.4 Å². The molecular formula is C15H19N3O2. The minimum absolute atomic E-state index is 0.127. The Kier molecular flexibility index (Phi) is 3.69. The molecule has 1 aromatic carbocycles. The fourth-order valence-electron chi connectivity index (χ4n) is 2.84. The molecule has 1 unspecified atom stereocenters. The van der Waals surface area contributed by atoms with E-state index in [4.69, 9.17) is 4.74 Å². The molecule has 0 spiro atoms. The summed E-state index contributed by atoms with van der Waals surface area (Å²) in [5.74, 6) is 2.87. The van der Waals surface area contributed by atoms with Gasteiger partial charge in [0.2, 0.25) is 0 Å². The van der Waals surface area contributed by atoms with Crippen LogP contribution in [0.2, 0.25) is 0 Å². The number of methoxy groups -OCH3 is 1. The molecule has 0 bridgehead atoms. The van der Waals surface area contributed by atoms with Crippen LogP contribution in [0.3, 0.4) is 0 Å². The van der Waals surface area contributed by atoms with Crippen LogP contribution in [0.1, 0.15) is 36.0 Å². The number of para-hydroxylation sites is 1. The van der Waals surface area contributed by atoms with E-state index in [0.717, 1.165) is 42.3 Å². The third-order valence-electron chi connectivity index (χ3n) is 3.92. The molecule has 0 amide bonds. The van der Waals surface area contributed by atoms with Crippen molar-refractivity contribution in [2.45, 2.75) is 31.7 Å². The molecule has 0 radical (unpaired) electrons. The van der Waals surface area contributed by atoms with Crippen molar-refractivity contribution in [2.24, 2.45) is 0 Å². The lowest BCUT2D eigenvalue weighted by atomic mass is 9.99. The third kappa shape index (κ3) is 2.29. The van der Waals surface area contributed by atoms with Gasteiger partial charge in [0.05, 0.1) is 13.7 Å². The van der Waals surface area contributed by atoms with Crippen LogP contribution in [0.4, 0.5) is 0 Å². The summed E-state index contributed by atoms with van der Waals surface area (Å²) in [6.45, 7) is 1.08. The van der Waals surface area contributed by atoms with Crippen molar-refractivity contribution >= 4 is 0 Å². The first-order valence-corrected chi connectivity index (χ1v) is 6.98. The van der Waals surface area contributed by atoms with Crippen molar-refractivity contribution < 1.29 is 9.84 Å². The predicted molar refractivity (Wildman–Crippen MR) is 74.9 cm³/mol. The number of aliphatic hydroxyl groups is 1. The highest BCUT2D eigenvalue weighted by Gasteiger charge is 2.24. The number of fused-ring (bicyclic) bond motifs is 1. The van der Waals surface area contributed by atoms with E-state index in [1.807, 2.05) is 24.3 Å². The smallest absolute Gasteiger partial charge is 0.138 e. The first-order chi connectivity index (χ1) is 9.83. The summed E-state index contributed by atoms with van der Waals surface area (Å²) in [5.41, 5.74) is 1.11. The number of ether oxygens (including phenoxy) is 1. The first-order valence-electron chi connectivity index (χ1n) is 6.98. The lowest BCUT2D eigenvalue weighted by molar-refractivity contribution is 0.237. The molecule has 1 N–H and O–H groups in total. The maximum Gasteiger partial charge on any atom is 0.138 e. The Labute approximate surface area is 118 Å². The number of nitrogens with zero attached hydrogens (tertiary/aromatic N) is 3. The molecule has 0 saturated heterocycles. The Morgan fingerprint density at radius 3 is 3.00 bits per heavy atom. The number of hydrogen-bond acceptors (Lipinski definition) is 4. The van der Waals surface area contributed by atoms with Crippen LogP contribution >= 0.6 is 0 Å². The molecule has 2 aromatic rings. The number of hydrogen-bond donors (Lipinski definition) is 1. The van der Waals surface area contributed by atoms with Crippen LogP contribution in [0.25, 0.3) is 0 Å². The molecule has 5 heteroatoms. The van der Waals surface area contributed by atoms with E-state index in [0.29, 0.717) is 6.42 Å². The van der Waals surface area contributed by atoms with Crippen molar-refractivity contribution in [1.29, 1.82) is 0 Å². The second-order valence-corrected chi connectivity index (χ2v) is 5.14. The summed E-state index contributed by atoms with van der Waals surface area (Å²) in [5, 5.41) is 18.0. The van der Waals surface area contributed by atoms with Crippen LogP contribution in [0.5, 0.6) is 5.75 Å². The van der Waals surface area contributed by atoms with Crippen LogP contribution in [0, 0.1) is 0 Å². The van der Waals surface area contributed by atoms with E-state index in [1.165, 1.54) is 0 Å². The molecule has 3 rings (SSSR count). The van der Waals surface area contributed by atoms with Crippen LogP contribution < -0.4 is 4.74 Å². The molecular weight excluding hydrogens is 254 g/mol. The van der Waals surface area contributed by atoms with Crippen molar-refractivity contribution in [3.63, 3.8) is 0 Å². The van der Waals surface area contributed by atoms with Gasteiger partial charge in [0.15, 0.2) is 0 Å². The molecule has 0 saturated carbocycles. The molecule has 1 aliphatic heterocycles. The summed E-state index contributed by atoms with van der Waals surface area (Å²) in [6.07, 6.45) is 2.76. The van der Waals surface area contributed by atoms with Gasteiger partial charge in [-0.05, 0) is 18.9 Å². The summed E-state index contributed by atoms with van der Waals surface area (Å²) in [4.78, 5) is 0. The molecule has 0 fully saturated rings. The zero-order valence-electron chi connectivity index (χ0n) is 11.6. The van der Waals surface area contributed by atoms with Crippen molar-refractivity contribution in [3.05, 3.63) is 41.5 Å². The lowest BCUT2D eigenvalue weighted by Gasteiger charge is -2.22. The topological polar surface area (TPSA) is 60.2 Å². The fourth-order valence-corrected chi connectivity index (χ4v) is 2.84. The minimum atomic E-state index is 0.127. The minimum Gasteiger partial charge on any atom is -0.496 e. The molecule has 5 nitrogen and oxygen atoms in total. The van der Waals surface area contributed by atoms with E-state index in [2.05, 4.69) is 14.8 Å². The van der Waals surface area contributed by atoms with Crippen LogP contribution in [0.15, 0.2) is 24.3 Å². The van der Waals surface area contributed by atoms with E-state index < -0.39 is 0 Å². The molecule has 1 aliphatic rings. The van der Waals surface area contributed by atoms with E-state index in [9.17, 15) is 5.11 Å². The first kappa shape index (κ1) is 13.1. The molecule has 1 atom stereocenters. The number of aromatic nitrogens is 3. The Hall–Kier alpha value is -1.88. The monoisotopic (exact) mass is 273 g/mol. The van der Waals surface area contributed by atoms with Gasteiger partial charge >= 0.3 is 0 Å². The van der Waals surface area contributed by atoms with E-state index in [-0.39, 0.29) is 12.5 Å². The average Bonchev–Trinajstić information content (AvgIpc) is 2.91. The van der Waals surface area contributed by atoms with E-state index >= 15 is 0 Å². The number of benzene rings is 1. The Bertz CT molecular complexity index is 595.